The number of ketones is 1. The van der Waals surface area contributed by atoms with Gasteiger partial charge in [-0.25, -0.2) is 0 Å². The predicted octanol–water partition coefficient (Wildman–Crippen LogP) is 6.06. The molecular weight excluding hydrogens is 308 g/mol. The highest BCUT2D eigenvalue weighted by Gasteiger charge is 2.08. The minimum Gasteiger partial charge on any atom is -0.496 e. The van der Waals surface area contributed by atoms with Gasteiger partial charge in [-0.2, -0.15) is 0 Å². The Bertz CT molecular complexity index is 772. The van der Waals surface area contributed by atoms with Gasteiger partial charge in [0, 0.05) is 0 Å². The molecule has 0 spiro atoms. The number of rotatable bonds is 6. The van der Waals surface area contributed by atoms with Gasteiger partial charge in [0.15, 0.2) is 5.78 Å². The molecule has 0 amide bonds. The van der Waals surface area contributed by atoms with Gasteiger partial charge in [-0.1, -0.05) is 36.0 Å². The number of ether oxygens (including phenoxy) is 1. The van der Waals surface area contributed by atoms with Crippen LogP contribution in [0.5, 0.6) is 5.75 Å². The first-order valence-corrected chi connectivity index (χ1v) is 8.55. The molecule has 2 nitrogen and oxygen atoms in total. The standard InChI is InChI=1S/C23H30O2/c1-15(10-9-11-16(2)18(4)21(7)24)12-13-22-17(3)14-23(25-8)20(6)19(22)5/h9-14H,1-8H3/b11-9+,13-12+,15-10+,18-16+. The molecule has 134 valence electrons. The number of methoxy groups -OCH3 is 1. The van der Waals surface area contributed by atoms with Gasteiger partial charge in [0.05, 0.1) is 7.11 Å². The van der Waals surface area contributed by atoms with E-state index in [9.17, 15) is 4.79 Å². The van der Waals surface area contributed by atoms with Crippen molar-refractivity contribution in [2.45, 2.75) is 48.5 Å². The lowest BCUT2D eigenvalue weighted by Gasteiger charge is -2.13. The van der Waals surface area contributed by atoms with Crippen molar-refractivity contribution in [3.8, 4) is 5.75 Å². The van der Waals surface area contributed by atoms with E-state index in [1.165, 1.54) is 22.3 Å². The summed E-state index contributed by atoms with van der Waals surface area (Å²) in [5.74, 6) is 1.05. The number of Topliss-reactive ketones (excluding diaryl/α,β-unsaturated/α-hetero) is 1. The van der Waals surface area contributed by atoms with E-state index in [2.05, 4.69) is 52.0 Å². The van der Waals surface area contributed by atoms with Gasteiger partial charge in [0.1, 0.15) is 5.75 Å². The molecule has 1 aromatic carbocycles. The summed E-state index contributed by atoms with van der Waals surface area (Å²) in [5, 5.41) is 0. The van der Waals surface area contributed by atoms with Crippen LogP contribution in [-0.4, -0.2) is 12.9 Å². The zero-order chi connectivity index (χ0) is 19.1. The van der Waals surface area contributed by atoms with Gasteiger partial charge in [-0.15, -0.1) is 0 Å². The second kappa shape index (κ2) is 9.22. The molecule has 0 radical (unpaired) electrons. The van der Waals surface area contributed by atoms with Crippen molar-refractivity contribution < 1.29 is 9.53 Å². The molecular formula is C23H30O2. The maximum Gasteiger partial charge on any atom is 0.155 e. The van der Waals surface area contributed by atoms with E-state index in [0.29, 0.717) is 0 Å². The van der Waals surface area contributed by atoms with Crippen LogP contribution < -0.4 is 4.74 Å². The van der Waals surface area contributed by atoms with Crippen molar-refractivity contribution in [1.82, 2.24) is 0 Å². The van der Waals surface area contributed by atoms with Crippen molar-refractivity contribution in [1.29, 1.82) is 0 Å². The van der Waals surface area contributed by atoms with E-state index in [-0.39, 0.29) is 5.78 Å². The van der Waals surface area contributed by atoms with Crippen molar-refractivity contribution >= 4 is 11.9 Å². The molecule has 1 rings (SSSR count). The fourth-order valence-electron chi connectivity index (χ4n) is 2.55. The van der Waals surface area contributed by atoms with Gasteiger partial charge in [0.25, 0.3) is 0 Å². The fraction of sp³-hybridized carbons (Fsp3) is 0.348. The Labute approximate surface area is 152 Å². The van der Waals surface area contributed by atoms with E-state index >= 15 is 0 Å². The van der Waals surface area contributed by atoms with Crippen LogP contribution in [0.1, 0.15) is 49.9 Å². The molecule has 0 aliphatic heterocycles. The molecule has 0 heterocycles. The Balaban J connectivity index is 3.01. The maximum atomic E-state index is 11.4. The van der Waals surface area contributed by atoms with Crippen molar-refractivity contribution in [3.63, 3.8) is 0 Å². The molecule has 0 fully saturated rings. The molecule has 0 aromatic heterocycles. The summed E-state index contributed by atoms with van der Waals surface area (Å²) in [7, 11) is 1.71. The molecule has 0 aliphatic carbocycles. The lowest BCUT2D eigenvalue weighted by atomic mass is 9.96. The second-order valence-corrected chi connectivity index (χ2v) is 6.53. The minimum absolute atomic E-state index is 0.114. The number of hydrogen-bond donors (Lipinski definition) is 0. The number of carbonyl (C=O) groups excluding carboxylic acids is 1. The Morgan fingerprint density at radius 3 is 2.20 bits per heavy atom. The smallest absolute Gasteiger partial charge is 0.155 e. The Morgan fingerprint density at radius 1 is 1.00 bits per heavy atom. The Morgan fingerprint density at radius 2 is 1.64 bits per heavy atom. The summed E-state index contributed by atoms with van der Waals surface area (Å²) >= 11 is 0. The van der Waals surface area contributed by atoms with Gasteiger partial charge in [-0.05, 0) is 87.9 Å². The average Bonchev–Trinajstić information content (AvgIpc) is 2.56. The Hall–Kier alpha value is -2.35. The van der Waals surface area contributed by atoms with Crippen LogP contribution in [0, 0.1) is 20.8 Å². The van der Waals surface area contributed by atoms with Crippen LogP contribution in [0.15, 0.2) is 47.1 Å². The summed E-state index contributed by atoms with van der Waals surface area (Å²) in [6.07, 6.45) is 10.3. The molecule has 0 saturated heterocycles. The first kappa shape index (κ1) is 20.7. The summed E-state index contributed by atoms with van der Waals surface area (Å²) in [4.78, 5) is 11.4. The van der Waals surface area contributed by atoms with Gasteiger partial charge in [-0.3, -0.25) is 4.79 Å². The van der Waals surface area contributed by atoms with Gasteiger partial charge >= 0.3 is 0 Å². The van der Waals surface area contributed by atoms with Crippen molar-refractivity contribution in [2.24, 2.45) is 0 Å². The first-order valence-electron chi connectivity index (χ1n) is 8.55. The summed E-state index contributed by atoms with van der Waals surface area (Å²) in [6.45, 7) is 13.8. The number of benzene rings is 1. The van der Waals surface area contributed by atoms with E-state index in [1.807, 2.05) is 26.0 Å². The maximum absolute atomic E-state index is 11.4. The van der Waals surface area contributed by atoms with Crippen LogP contribution in [0.2, 0.25) is 0 Å². The van der Waals surface area contributed by atoms with Crippen molar-refractivity contribution in [2.75, 3.05) is 7.11 Å². The first-order chi connectivity index (χ1) is 11.7. The zero-order valence-corrected chi connectivity index (χ0v) is 16.8. The molecule has 0 aliphatic rings. The molecule has 0 saturated carbocycles. The molecule has 0 unspecified atom stereocenters. The molecule has 1 aromatic rings. The number of aryl methyl sites for hydroxylation is 1. The monoisotopic (exact) mass is 338 g/mol. The van der Waals surface area contributed by atoms with E-state index in [0.717, 1.165) is 22.5 Å². The summed E-state index contributed by atoms with van der Waals surface area (Å²) in [6, 6.07) is 2.08. The lowest BCUT2D eigenvalue weighted by molar-refractivity contribution is -0.113. The number of carbonyl (C=O) groups is 1. The third kappa shape index (κ3) is 5.60. The third-order valence-corrected chi connectivity index (χ3v) is 4.67. The highest BCUT2D eigenvalue weighted by Crippen LogP contribution is 2.28. The van der Waals surface area contributed by atoms with Crippen LogP contribution in [0.4, 0.5) is 0 Å². The van der Waals surface area contributed by atoms with Crippen LogP contribution >= 0.6 is 0 Å². The quantitative estimate of drug-likeness (QED) is 0.465. The van der Waals surface area contributed by atoms with Crippen LogP contribution in [0.25, 0.3) is 6.08 Å². The van der Waals surface area contributed by atoms with Gasteiger partial charge < -0.3 is 4.74 Å². The Kier molecular flexibility index (Phi) is 7.63. The zero-order valence-electron chi connectivity index (χ0n) is 16.8. The van der Waals surface area contributed by atoms with E-state index in [4.69, 9.17) is 4.74 Å². The SMILES string of the molecule is COc1cc(C)c(/C=C/C(C)=C/C=C/C(C)=C(\C)C(C)=O)c(C)c1C. The third-order valence-electron chi connectivity index (χ3n) is 4.67. The number of allylic oxidation sites excluding steroid dienone is 7. The summed E-state index contributed by atoms with van der Waals surface area (Å²) in [5.41, 5.74) is 7.81. The second-order valence-electron chi connectivity index (χ2n) is 6.53. The van der Waals surface area contributed by atoms with Gasteiger partial charge in [0.2, 0.25) is 0 Å². The molecule has 0 atom stereocenters. The van der Waals surface area contributed by atoms with Crippen molar-refractivity contribution in [3.05, 3.63) is 69.3 Å². The van der Waals surface area contributed by atoms with E-state index in [1.54, 1.807) is 14.0 Å². The highest BCUT2D eigenvalue weighted by atomic mass is 16.5. The topological polar surface area (TPSA) is 26.3 Å². The molecule has 25 heavy (non-hydrogen) atoms. The largest absolute Gasteiger partial charge is 0.496 e. The fourth-order valence-corrected chi connectivity index (χ4v) is 2.55. The molecule has 2 heteroatoms. The highest BCUT2D eigenvalue weighted by molar-refractivity contribution is 5.93. The van der Waals surface area contributed by atoms with Crippen LogP contribution in [-0.2, 0) is 4.79 Å². The van der Waals surface area contributed by atoms with E-state index < -0.39 is 0 Å². The molecule has 0 N–H and O–H groups in total. The predicted molar refractivity (Wildman–Crippen MR) is 108 cm³/mol. The summed E-state index contributed by atoms with van der Waals surface area (Å²) < 4.78 is 5.43. The minimum atomic E-state index is 0.114. The number of hydrogen-bond acceptors (Lipinski definition) is 2. The molecule has 0 bridgehead atoms. The average molecular weight is 338 g/mol. The lowest BCUT2D eigenvalue weighted by Crippen LogP contribution is -1.95. The normalized spacial score (nSPS) is 13.5. The van der Waals surface area contributed by atoms with Crippen LogP contribution in [0.3, 0.4) is 0 Å².